The number of nitrogens with zero attached hydrogens (tertiary/aromatic N) is 10. The van der Waals surface area contributed by atoms with Crippen LogP contribution in [-0.4, -0.2) is 107 Å². The lowest BCUT2D eigenvalue weighted by molar-refractivity contribution is 0.0358. The van der Waals surface area contributed by atoms with Crippen LogP contribution in [-0.2, 0) is 30.9 Å². The first-order valence-corrected chi connectivity index (χ1v) is 21.7. The Morgan fingerprint density at radius 1 is 0.750 bits per heavy atom. The van der Waals surface area contributed by atoms with E-state index in [0.29, 0.717) is 66.9 Å². The first-order valence-electron chi connectivity index (χ1n) is 21.7. The number of pyridine rings is 1. The van der Waals surface area contributed by atoms with Crippen molar-refractivity contribution in [3.63, 3.8) is 0 Å². The minimum Gasteiger partial charge on any atom is -0.495 e. The third kappa shape index (κ3) is 7.81. The summed E-state index contributed by atoms with van der Waals surface area (Å²) in [7, 11) is 1.57. The normalized spacial score (nSPS) is 13.6. The monoisotopic (exact) mass is 864 g/mol. The van der Waals surface area contributed by atoms with E-state index in [1.165, 1.54) is 0 Å². The lowest BCUT2D eigenvalue weighted by atomic mass is 10.1. The standard InChI is InChI=1S/C47H52N12O5/c1-6-58-38(19-28(3)53-58)36-25-37-34(26-50-36)32-21-31(45(49)61)24-41(64-16-10-11-55-14-17-63-18-15-55)43(32)56(37)12-8-9-13-57-42-33(22-30(44(48)60)23-40(42)62-5)35-27-51-46(52-47(35)57)39-20-29(4)54-59(39)7-2/h8-9,19-27H,6-7,10-18H2,1-5H3,(H2,48,60)(H2,49,61)/b9-8+. The lowest BCUT2D eigenvalue weighted by Gasteiger charge is -2.26. The molecule has 1 fully saturated rings. The van der Waals surface area contributed by atoms with Crippen molar-refractivity contribution in [1.29, 1.82) is 0 Å². The van der Waals surface area contributed by atoms with E-state index in [1.54, 1.807) is 31.5 Å². The van der Waals surface area contributed by atoms with Gasteiger partial charge in [0.15, 0.2) is 5.82 Å². The number of allylic oxidation sites excluding steroid dienone is 2. The molecule has 9 rings (SSSR count). The number of carbonyl (C=O) groups excluding carboxylic acids is 2. The molecule has 0 unspecified atom stereocenters. The van der Waals surface area contributed by atoms with Gasteiger partial charge in [0.1, 0.15) is 22.8 Å². The molecule has 6 aromatic heterocycles. The number of hydrogen-bond donors (Lipinski definition) is 2. The molecule has 1 aliphatic heterocycles. The van der Waals surface area contributed by atoms with Gasteiger partial charge in [-0.3, -0.25) is 28.8 Å². The van der Waals surface area contributed by atoms with Crippen LogP contribution in [0.2, 0.25) is 0 Å². The Balaban J connectivity index is 1.15. The van der Waals surface area contributed by atoms with Crippen molar-refractivity contribution in [3.05, 3.63) is 89.5 Å². The first kappa shape index (κ1) is 42.2. The minimum atomic E-state index is -0.567. The molecule has 2 aromatic carbocycles. The molecule has 0 radical (unpaired) electrons. The molecule has 64 heavy (non-hydrogen) atoms. The van der Waals surface area contributed by atoms with Crippen molar-refractivity contribution in [1.82, 2.24) is 48.5 Å². The second-order valence-corrected chi connectivity index (χ2v) is 16.0. The van der Waals surface area contributed by atoms with E-state index in [9.17, 15) is 9.59 Å². The van der Waals surface area contributed by atoms with Crippen molar-refractivity contribution in [2.45, 2.75) is 60.3 Å². The van der Waals surface area contributed by atoms with E-state index < -0.39 is 11.8 Å². The van der Waals surface area contributed by atoms with E-state index in [4.69, 9.17) is 40.6 Å². The number of morpholine rings is 1. The minimum absolute atomic E-state index is 0.318. The van der Waals surface area contributed by atoms with Gasteiger partial charge in [-0.25, -0.2) is 9.97 Å². The van der Waals surface area contributed by atoms with Gasteiger partial charge in [-0.05, 0) is 76.6 Å². The molecule has 2 amide bonds. The molecule has 0 bridgehead atoms. The maximum atomic E-state index is 12.8. The molecule has 4 N–H and O–H groups in total. The molecule has 17 heteroatoms. The van der Waals surface area contributed by atoms with Crippen molar-refractivity contribution in [2.75, 3.05) is 46.6 Å². The highest BCUT2D eigenvalue weighted by molar-refractivity contribution is 6.13. The van der Waals surface area contributed by atoms with Crippen LogP contribution in [0.4, 0.5) is 0 Å². The van der Waals surface area contributed by atoms with Crippen molar-refractivity contribution in [3.8, 4) is 34.4 Å². The molecule has 7 heterocycles. The van der Waals surface area contributed by atoms with Crippen LogP contribution < -0.4 is 20.9 Å². The molecular formula is C47H52N12O5. The summed E-state index contributed by atoms with van der Waals surface area (Å²) in [4.78, 5) is 42.5. The van der Waals surface area contributed by atoms with E-state index in [-0.39, 0.29) is 0 Å². The number of primary amides is 2. The summed E-state index contributed by atoms with van der Waals surface area (Å²) in [6.45, 7) is 14.7. The summed E-state index contributed by atoms with van der Waals surface area (Å²) in [6, 6.07) is 13.1. The fourth-order valence-electron chi connectivity index (χ4n) is 8.85. The number of rotatable bonds is 16. The second kappa shape index (κ2) is 17.6. The van der Waals surface area contributed by atoms with Gasteiger partial charge in [-0.1, -0.05) is 12.2 Å². The molecule has 0 atom stereocenters. The molecule has 0 spiro atoms. The van der Waals surface area contributed by atoms with Gasteiger partial charge in [0.25, 0.3) is 0 Å². The van der Waals surface area contributed by atoms with Gasteiger partial charge in [0, 0.05) is 90.9 Å². The Morgan fingerprint density at radius 3 is 2.03 bits per heavy atom. The van der Waals surface area contributed by atoms with Gasteiger partial charge in [0.05, 0.1) is 66.3 Å². The number of hydrogen-bond acceptors (Lipinski definition) is 11. The number of nitrogens with two attached hydrogens (primary N) is 2. The van der Waals surface area contributed by atoms with Crippen LogP contribution in [0.15, 0.2) is 67.0 Å². The Morgan fingerprint density at radius 2 is 1.36 bits per heavy atom. The highest BCUT2D eigenvalue weighted by atomic mass is 16.5. The maximum Gasteiger partial charge on any atom is 0.248 e. The van der Waals surface area contributed by atoms with Crippen LogP contribution in [0.25, 0.3) is 66.6 Å². The van der Waals surface area contributed by atoms with Gasteiger partial charge < -0.3 is 34.8 Å². The van der Waals surface area contributed by atoms with Gasteiger partial charge in [0.2, 0.25) is 11.8 Å². The SMILES string of the molecule is CCn1nc(C)cc1-c1cc2c(cn1)c1cc(C(N)=O)cc(OCCCN3CCOCC3)c1n2C/C=C/Cn1c2nc(-c3cc(C)nn3CC)ncc2c2cc(C(N)=O)cc(OC)c21. The topological polar surface area (TPSA) is 201 Å². The zero-order chi connectivity index (χ0) is 44.6. The highest BCUT2D eigenvalue weighted by Gasteiger charge is 2.23. The fraction of sp³-hybridized carbons (Fsp3) is 0.340. The molecule has 1 aliphatic rings. The molecule has 0 aliphatic carbocycles. The number of amides is 2. The Hall–Kier alpha value is -7.11. The third-order valence-corrected chi connectivity index (χ3v) is 11.9. The van der Waals surface area contributed by atoms with Crippen molar-refractivity contribution >= 4 is 55.6 Å². The number of benzene rings is 2. The van der Waals surface area contributed by atoms with Crippen LogP contribution in [0.5, 0.6) is 11.5 Å². The molecule has 8 aromatic rings. The number of ether oxygens (including phenoxy) is 3. The third-order valence-electron chi connectivity index (χ3n) is 11.9. The van der Waals surface area contributed by atoms with E-state index in [1.807, 2.05) is 54.5 Å². The molecule has 0 saturated carbocycles. The summed E-state index contributed by atoms with van der Waals surface area (Å²) >= 11 is 0. The maximum absolute atomic E-state index is 12.8. The van der Waals surface area contributed by atoms with Crippen LogP contribution in [0.3, 0.4) is 0 Å². The summed E-state index contributed by atoms with van der Waals surface area (Å²) in [5.74, 6) is 0.469. The summed E-state index contributed by atoms with van der Waals surface area (Å²) < 4.78 is 26.1. The predicted octanol–water partition coefficient (Wildman–Crippen LogP) is 6.03. The Bertz CT molecular complexity index is 3110. The average molecular weight is 865 g/mol. The first-order chi connectivity index (χ1) is 31.1. The number of aromatic nitrogens is 9. The van der Waals surface area contributed by atoms with Crippen LogP contribution in [0.1, 0.15) is 52.4 Å². The van der Waals surface area contributed by atoms with Gasteiger partial charge in [-0.2, -0.15) is 10.2 Å². The fourth-order valence-corrected chi connectivity index (χ4v) is 8.85. The van der Waals surface area contributed by atoms with Gasteiger partial charge >= 0.3 is 0 Å². The van der Waals surface area contributed by atoms with Crippen LogP contribution in [0, 0.1) is 13.8 Å². The van der Waals surface area contributed by atoms with E-state index in [2.05, 4.69) is 49.4 Å². The number of fused-ring (bicyclic) bond motifs is 6. The smallest absolute Gasteiger partial charge is 0.248 e. The lowest BCUT2D eigenvalue weighted by Crippen LogP contribution is -2.37. The predicted molar refractivity (Wildman–Crippen MR) is 246 cm³/mol. The molecule has 1 saturated heterocycles. The molecule has 17 nitrogen and oxygen atoms in total. The van der Waals surface area contributed by atoms with Crippen molar-refractivity contribution < 1.29 is 23.8 Å². The quantitative estimate of drug-likeness (QED) is 0.0848. The number of aryl methyl sites for hydroxylation is 4. The van der Waals surface area contributed by atoms with E-state index >= 15 is 0 Å². The number of carbonyl (C=O) groups is 2. The Labute approximate surface area is 369 Å². The number of methoxy groups -OCH3 is 1. The second-order valence-electron chi connectivity index (χ2n) is 16.0. The zero-order valence-corrected chi connectivity index (χ0v) is 36.8. The largest absolute Gasteiger partial charge is 0.495 e. The molecule has 330 valence electrons. The van der Waals surface area contributed by atoms with Crippen LogP contribution >= 0.6 is 0 Å². The highest BCUT2D eigenvalue weighted by Crippen LogP contribution is 2.39. The van der Waals surface area contributed by atoms with E-state index in [0.717, 1.165) is 106 Å². The van der Waals surface area contributed by atoms with Gasteiger partial charge in [-0.15, -0.1) is 0 Å². The average Bonchev–Trinajstić information content (AvgIpc) is 4.06. The van der Waals surface area contributed by atoms with Crippen molar-refractivity contribution in [2.24, 2.45) is 11.5 Å². The molecular weight excluding hydrogens is 813 g/mol. The summed E-state index contributed by atoms with van der Waals surface area (Å²) in [5.41, 5.74) is 19.8. The summed E-state index contributed by atoms with van der Waals surface area (Å²) in [5, 5.41) is 12.5. The zero-order valence-electron chi connectivity index (χ0n) is 36.8. The Kier molecular flexibility index (Phi) is 11.6. The summed E-state index contributed by atoms with van der Waals surface area (Å²) in [6.07, 6.45) is 8.62.